The monoisotopic (exact) mass is 256 g/mol. The molecule has 0 aliphatic carbocycles. The van der Waals surface area contributed by atoms with E-state index in [9.17, 15) is 9.59 Å². The molecule has 1 aliphatic heterocycles. The zero-order valence-corrected chi connectivity index (χ0v) is 10.8. The Morgan fingerprint density at radius 2 is 2.33 bits per heavy atom. The lowest BCUT2D eigenvalue weighted by Gasteiger charge is -2.27. The van der Waals surface area contributed by atoms with E-state index < -0.39 is 12.0 Å². The van der Waals surface area contributed by atoms with E-state index in [0.717, 1.165) is 12.0 Å². The lowest BCUT2D eigenvalue weighted by Crippen LogP contribution is -2.49. The quantitative estimate of drug-likeness (QED) is 0.714. The van der Waals surface area contributed by atoms with Gasteiger partial charge in [0.15, 0.2) is 0 Å². The predicted octanol–water partition coefficient (Wildman–Crippen LogP) is 0.838. The summed E-state index contributed by atoms with van der Waals surface area (Å²) in [6, 6.07) is -1.23. The van der Waals surface area contributed by atoms with Gasteiger partial charge in [0.2, 0.25) is 0 Å². The Morgan fingerprint density at radius 1 is 1.61 bits per heavy atom. The molecule has 0 fully saturated rings. The molecular formula is C12H20N2O4. The van der Waals surface area contributed by atoms with Crippen LogP contribution in [0.25, 0.3) is 0 Å². The van der Waals surface area contributed by atoms with Crippen LogP contribution in [0.15, 0.2) is 11.6 Å². The number of carboxylic acids is 1. The normalized spacial score (nSPS) is 17.0. The van der Waals surface area contributed by atoms with Gasteiger partial charge in [-0.05, 0) is 13.3 Å². The van der Waals surface area contributed by atoms with E-state index in [1.165, 1.54) is 7.11 Å². The minimum Gasteiger partial charge on any atom is -0.480 e. The first kappa shape index (κ1) is 14.5. The maximum atomic E-state index is 11.9. The second-order valence-corrected chi connectivity index (χ2v) is 4.38. The molecule has 2 amide bonds. The Hall–Kier alpha value is -1.56. The number of methoxy groups -OCH3 is 1. The molecular weight excluding hydrogens is 236 g/mol. The highest BCUT2D eigenvalue weighted by molar-refractivity contribution is 5.82. The van der Waals surface area contributed by atoms with Gasteiger partial charge < -0.3 is 20.1 Å². The molecule has 6 heteroatoms. The summed E-state index contributed by atoms with van der Waals surface area (Å²) in [5.41, 5.74) is 1.13. The van der Waals surface area contributed by atoms with Crippen LogP contribution >= 0.6 is 0 Å². The molecule has 0 aromatic carbocycles. The van der Waals surface area contributed by atoms with Crippen molar-refractivity contribution in [2.75, 3.05) is 26.8 Å². The van der Waals surface area contributed by atoms with Crippen LogP contribution in [0.2, 0.25) is 0 Å². The summed E-state index contributed by atoms with van der Waals surface area (Å²) in [6.07, 6.45) is 3.17. The lowest BCUT2D eigenvalue weighted by molar-refractivity contribution is -0.139. The van der Waals surface area contributed by atoms with Crippen LogP contribution in [0.3, 0.4) is 0 Å². The Morgan fingerprint density at radius 3 is 2.89 bits per heavy atom. The smallest absolute Gasteiger partial charge is 0.326 e. The van der Waals surface area contributed by atoms with Gasteiger partial charge in [-0.2, -0.15) is 0 Å². The molecule has 0 saturated heterocycles. The zero-order chi connectivity index (χ0) is 13.5. The standard InChI is InChI=1S/C12H20N2O4/c1-9-4-3-6-14(8-9)12(17)13-10(11(15)16)5-7-18-2/h4,10H,3,5-8H2,1-2H3,(H,13,17)(H,15,16). The third kappa shape index (κ3) is 4.37. The van der Waals surface area contributed by atoms with Gasteiger partial charge in [-0.1, -0.05) is 11.6 Å². The van der Waals surface area contributed by atoms with Crippen molar-refractivity contribution >= 4 is 12.0 Å². The number of urea groups is 1. The molecule has 1 rings (SSSR count). The van der Waals surface area contributed by atoms with E-state index in [1.807, 2.05) is 6.92 Å². The van der Waals surface area contributed by atoms with E-state index in [4.69, 9.17) is 9.84 Å². The lowest BCUT2D eigenvalue weighted by atomic mass is 10.1. The van der Waals surface area contributed by atoms with Gasteiger partial charge in [-0.25, -0.2) is 9.59 Å². The van der Waals surface area contributed by atoms with Crippen molar-refractivity contribution in [2.45, 2.75) is 25.8 Å². The molecule has 0 spiro atoms. The van der Waals surface area contributed by atoms with Crippen molar-refractivity contribution in [2.24, 2.45) is 0 Å². The molecule has 0 radical (unpaired) electrons. The van der Waals surface area contributed by atoms with Gasteiger partial charge in [-0.3, -0.25) is 0 Å². The molecule has 1 aliphatic rings. The minimum absolute atomic E-state index is 0.264. The molecule has 0 aromatic rings. The minimum atomic E-state index is -1.04. The highest BCUT2D eigenvalue weighted by Gasteiger charge is 2.23. The summed E-state index contributed by atoms with van der Waals surface area (Å²) in [7, 11) is 1.50. The Labute approximate surface area is 107 Å². The maximum Gasteiger partial charge on any atom is 0.326 e. The fourth-order valence-electron chi connectivity index (χ4n) is 1.82. The molecule has 0 aromatic heterocycles. The van der Waals surface area contributed by atoms with E-state index in [-0.39, 0.29) is 12.5 Å². The summed E-state index contributed by atoms with van der Waals surface area (Å²) in [5, 5.41) is 11.5. The number of carboxylic acid groups (broad SMARTS) is 1. The molecule has 1 unspecified atom stereocenters. The topological polar surface area (TPSA) is 78.9 Å². The summed E-state index contributed by atoms with van der Waals surface area (Å²) in [4.78, 5) is 24.5. The van der Waals surface area contributed by atoms with Gasteiger partial charge >= 0.3 is 12.0 Å². The Kier molecular flexibility index (Phi) is 5.64. The molecule has 6 nitrogen and oxygen atoms in total. The predicted molar refractivity (Wildman–Crippen MR) is 66.4 cm³/mol. The number of amides is 2. The van der Waals surface area contributed by atoms with Crippen LogP contribution in [-0.4, -0.2) is 54.9 Å². The first-order chi connectivity index (χ1) is 8.54. The van der Waals surface area contributed by atoms with Crippen LogP contribution < -0.4 is 5.32 Å². The Balaban J connectivity index is 2.50. The van der Waals surface area contributed by atoms with Crippen LogP contribution in [0.4, 0.5) is 4.79 Å². The van der Waals surface area contributed by atoms with Crippen molar-refractivity contribution in [1.82, 2.24) is 10.2 Å². The summed E-state index contributed by atoms with van der Waals surface area (Å²) in [6.45, 7) is 3.44. The number of hydrogen-bond donors (Lipinski definition) is 2. The second kappa shape index (κ2) is 7.00. The molecule has 2 N–H and O–H groups in total. The molecule has 102 valence electrons. The number of nitrogens with zero attached hydrogens (tertiary/aromatic N) is 1. The number of nitrogens with one attached hydrogen (secondary N) is 1. The largest absolute Gasteiger partial charge is 0.480 e. The summed E-state index contributed by atoms with van der Waals surface area (Å²) >= 11 is 0. The van der Waals surface area contributed by atoms with Crippen molar-refractivity contribution in [1.29, 1.82) is 0 Å². The number of carbonyl (C=O) groups excluding carboxylic acids is 1. The van der Waals surface area contributed by atoms with E-state index in [1.54, 1.807) is 4.90 Å². The van der Waals surface area contributed by atoms with E-state index in [0.29, 0.717) is 19.7 Å². The first-order valence-electron chi connectivity index (χ1n) is 5.97. The molecule has 1 atom stereocenters. The Bertz CT molecular complexity index is 341. The third-order valence-corrected chi connectivity index (χ3v) is 2.83. The van der Waals surface area contributed by atoms with Crippen molar-refractivity contribution in [3.8, 4) is 0 Å². The van der Waals surface area contributed by atoms with E-state index >= 15 is 0 Å². The van der Waals surface area contributed by atoms with Gasteiger partial charge in [-0.15, -0.1) is 0 Å². The van der Waals surface area contributed by atoms with Gasteiger partial charge in [0.05, 0.1) is 0 Å². The van der Waals surface area contributed by atoms with E-state index in [2.05, 4.69) is 11.4 Å². The van der Waals surface area contributed by atoms with Crippen LogP contribution in [0.5, 0.6) is 0 Å². The summed E-state index contributed by atoms with van der Waals surface area (Å²) in [5.74, 6) is -1.04. The van der Waals surface area contributed by atoms with Crippen molar-refractivity contribution in [3.05, 3.63) is 11.6 Å². The van der Waals surface area contributed by atoms with Crippen molar-refractivity contribution < 1.29 is 19.4 Å². The van der Waals surface area contributed by atoms with Gasteiger partial charge in [0, 0.05) is 33.2 Å². The third-order valence-electron chi connectivity index (χ3n) is 2.83. The molecule has 18 heavy (non-hydrogen) atoms. The molecule has 0 saturated carbocycles. The van der Waals surface area contributed by atoms with Crippen LogP contribution in [0.1, 0.15) is 19.8 Å². The fraction of sp³-hybridized carbons (Fsp3) is 0.667. The maximum absolute atomic E-state index is 11.9. The number of aliphatic carboxylic acids is 1. The van der Waals surface area contributed by atoms with Gasteiger partial charge in [0.1, 0.15) is 6.04 Å². The number of ether oxygens (including phenoxy) is 1. The SMILES string of the molecule is COCCC(NC(=O)N1CCC=C(C)C1)C(=O)O. The van der Waals surface area contributed by atoms with Crippen LogP contribution in [0, 0.1) is 0 Å². The van der Waals surface area contributed by atoms with Crippen LogP contribution in [-0.2, 0) is 9.53 Å². The molecule has 0 bridgehead atoms. The average Bonchev–Trinajstić information content (AvgIpc) is 2.33. The highest BCUT2D eigenvalue weighted by Crippen LogP contribution is 2.09. The average molecular weight is 256 g/mol. The number of hydrogen-bond acceptors (Lipinski definition) is 3. The second-order valence-electron chi connectivity index (χ2n) is 4.38. The number of rotatable bonds is 5. The van der Waals surface area contributed by atoms with Crippen molar-refractivity contribution in [3.63, 3.8) is 0 Å². The van der Waals surface area contributed by atoms with Gasteiger partial charge in [0.25, 0.3) is 0 Å². The first-order valence-corrected chi connectivity index (χ1v) is 5.97. The number of carbonyl (C=O) groups is 2. The highest BCUT2D eigenvalue weighted by atomic mass is 16.5. The zero-order valence-electron chi connectivity index (χ0n) is 10.8. The molecule has 1 heterocycles. The fourth-order valence-corrected chi connectivity index (χ4v) is 1.82. The summed E-state index contributed by atoms with van der Waals surface area (Å²) < 4.78 is 4.83.